The fourth-order valence-electron chi connectivity index (χ4n) is 3.28. The first kappa shape index (κ1) is 18.8. The second-order valence-corrected chi connectivity index (χ2v) is 6.91. The van der Waals surface area contributed by atoms with Crippen LogP contribution in [0.1, 0.15) is 54.9 Å². The van der Waals surface area contributed by atoms with Gasteiger partial charge in [0.25, 0.3) is 5.91 Å². The van der Waals surface area contributed by atoms with Crippen LogP contribution in [0, 0.1) is 5.92 Å². The summed E-state index contributed by atoms with van der Waals surface area (Å²) in [7, 11) is 0. The minimum absolute atomic E-state index is 0.0961. The van der Waals surface area contributed by atoms with E-state index in [9.17, 15) is 9.59 Å². The fourth-order valence-corrected chi connectivity index (χ4v) is 3.28. The second-order valence-electron chi connectivity index (χ2n) is 6.91. The van der Waals surface area contributed by atoms with Gasteiger partial charge in [0.15, 0.2) is 0 Å². The van der Waals surface area contributed by atoms with Crippen LogP contribution in [0.3, 0.4) is 0 Å². The van der Waals surface area contributed by atoms with Crippen LogP contribution in [-0.4, -0.2) is 17.5 Å². The highest BCUT2D eigenvalue weighted by Gasteiger charge is 2.21. The number of rotatable bonds is 5. The molecule has 1 fully saturated rings. The highest BCUT2D eigenvalue weighted by Crippen LogP contribution is 2.25. The number of benzene rings is 2. The summed E-state index contributed by atoms with van der Waals surface area (Å²) in [5.74, 6) is -0.0436. The third-order valence-electron chi connectivity index (χ3n) is 4.88. The normalized spacial score (nSPS) is 15.2. The molecule has 0 spiro atoms. The number of carbonyl (C=O) groups is 2. The zero-order valence-corrected chi connectivity index (χ0v) is 15.6. The summed E-state index contributed by atoms with van der Waals surface area (Å²) in [6.07, 6.45) is 5.43. The lowest BCUT2D eigenvalue weighted by Gasteiger charge is -2.20. The highest BCUT2D eigenvalue weighted by atomic mass is 16.2. The molecule has 140 valence electrons. The van der Waals surface area contributed by atoms with Gasteiger partial charge in [-0.2, -0.15) is 5.10 Å². The number of nitrogens with zero attached hydrogens (tertiary/aromatic N) is 1. The molecule has 0 aliphatic heterocycles. The van der Waals surface area contributed by atoms with Crippen LogP contribution < -0.4 is 10.7 Å². The van der Waals surface area contributed by atoms with Gasteiger partial charge in [-0.25, -0.2) is 5.43 Å². The minimum Gasteiger partial charge on any atom is -0.326 e. The summed E-state index contributed by atoms with van der Waals surface area (Å²) in [6, 6.07) is 16.5. The van der Waals surface area contributed by atoms with Crippen molar-refractivity contribution in [2.75, 3.05) is 5.32 Å². The van der Waals surface area contributed by atoms with Crippen molar-refractivity contribution in [1.82, 2.24) is 5.43 Å². The average Bonchev–Trinajstić information content (AvgIpc) is 2.73. The van der Waals surface area contributed by atoms with Crippen LogP contribution in [0.2, 0.25) is 0 Å². The maximum absolute atomic E-state index is 12.4. The summed E-state index contributed by atoms with van der Waals surface area (Å²) in [6.45, 7) is 1.83. The number of amides is 2. The SMILES string of the molecule is C/C(=N/NC(=O)c1ccccc1)c1cccc(NC(=O)C2CCCCC2)c1. The van der Waals surface area contributed by atoms with E-state index in [0.717, 1.165) is 36.9 Å². The lowest BCUT2D eigenvalue weighted by atomic mass is 9.88. The van der Waals surface area contributed by atoms with E-state index in [-0.39, 0.29) is 17.7 Å². The van der Waals surface area contributed by atoms with Crippen molar-refractivity contribution < 1.29 is 9.59 Å². The molecule has 0 heterocycles. The van der Waals surface area contributed by atoms with Gasteiger partial charge in [-0.05, 0) is 49.6 Å². The van der Waals surface area contributed by atoms with Crippen LogP contribution >= 0.6 is 0 Å². The van der Waals surface area contributed by atoms with E-state index in [0.29, 0.717) is 11.3 Å². The standard InChI is InChI=1S/C22H25N3O2/c1-16(24-25-22(27)18-11-6-3-7-12-18)19-13-8-14-20(15-19)23-21(26)17-9-4-2-5-10-17/h3,6-8,11-15,17H,2,4-5,9-10H2,1H3,(H,23,26)(H,25,27)/b24-16-. The highest BCUT2D eigenvalue weighted by molar-refractivity contribution is 6.02. The van der Waals surface area contributed by atoms with Crippen molar-refractivity contribution in [1.29, 1.82) is 0 Å². The Hall–Kier alpha value is -2.95. The van der Waals surface area contributed by atoms with Gasteiger partial charge in [0.2, 0.25) is 5.91 Å². The molecule has 0 atom stereocenters. The lowest BCUT2D eigenvalue weighted by molar-refractivity contribution is -0.120. The summed E-state index contributed by atoms with van der Waals surface area (Å²) in [4.78, 5) is 24.5. The van der Waals surface area contributed by atoms with Gasteiger partial charge in [-0.15, -0.1) is 0 Å². The Morgan fingerprint density at radius 2 is 1.63 bits per heavy atom. The molecular weight excluding hydrogens is 338 g/mol. The molecule has 2 aromatic rings. The van der Waals surface area contributed by atoms with Gasteiger partial charge in [0, 0.05) is 17.2 Å². The molecule has 0 bridgehead atoms. The zero-order chi connectivity index (χ0) is 19.1. The van der Waals surface area contributed by atoms with E-state index in [1.807, 2.05) is 49.4 Å². The van der Waals surface area contributed by atoms with Crippen molar-refractivity contribution in [3.63, 3.8) is 0 Å². The monoisotopic (exact) mass is 363 g/mol. The Morgan fingerprint density at radius 3 is 2.37 bits per heavy atom. The summed E-state index contributed by atoms with van der Waals surface area (Å²) in [5.41, 5.74) is 5.41. The van der Waals surface area contributed by atoms with Crippen molar-refractivity contribution in [3.8, 4) is 0 Å². The summed E-state index contributed by atoms with van der Waals surface area (Å²) >= 11 is 0. The number of carbonyl (C=O) groups excluding carboxylic acids is 2. The Bertz CT molecular complexity index is 824. The molecule has 1 aliphatic carbocycles. The quantitative estimate of drug-likeness (QED) is 0.612. The van der Waals surface area contributed by atoms with E-state index < -0.39 is 0 Å². The van der Waals surface area contributed by atoms with Gasteiger partial charge in [-0.1, -0.05) is 49.6 Å². The molecule has 2 N–H and O–H groups in total. The van der Waals surface area contributed by atoms with Crippen LogP contribution in [-0.2, 0) is 4.79 Å². The van der Waals surface area contributed by atoms with E-state index >= 15 is 0 Å². The van der Waals surface area contributed by atoms with Crippen molar-refractivity contribution in [2.24, 2.45) is 11.0 Å². The fraction of sp³-hybridized carbons (Fsp3) is 0.318. The van der Waals surface area contributed by atoms with Crippen LogP contribution in [0.25, 0.3) is 0 Å². The molecule has 0 aromatic heterocycles. The summed E-state index contributed by atoms with van der Waals surface area (Å²) in [5, 5.41) is 7.20. The maximum Gasteiger partial charge on any atom is 0.271 e. The minimum atomic E-state index is -0.253. The predicted molar refractivity (Wildman–Crippen MR) is 108 cm³/mol. The number of hydrazone groups is 1. The molecule has 5 nitrogen and oxygen atoms in total. The van der Waals surface area contributed by atoms with Gasteiger partial charge in [-0.3, -0.25) is 9.59 Å². The molecule has 0 radical (unpaired) electrons. The van der Waals surface area contributed by atoms with E-state index in [2.05, 4.69) is 15.8 Å². The number of hydrogen-bond acceptors (Lipinski definition) is 3. The predicted octanol–water partition coefficient (Wildman–Crippen LogP) is 4.36. The second kappa shape index (κ2) is 9.12. The Morgan fingerprint density at radius 1 is 0.926 bits per heavy atom. The first-order valence-corrected chi connectivity index (χ1v) is 9.44. The largest absolute Gasteiger partial charge is 0.326 e. The molecule has 2 aromatic carbocycles. The molecule has 1 aliphatic rings. The Balaban J connectivity index is 1.63. The summed E-state index contributed by atoms with van der Waals surface area (Å²) < 4.78 is 0. The van der Waals surface area contributed by atoms with E-state index in [1.165, 1.54) is 6.42 Å². The Kier molecular flexibility index (Phi) is 6.36. The van der Waals surface area contributed by atoms with E-state index in [4.69, 9.17) is 0 Å². The molecule has 5 heteroatoms. The number of nitrogens with one attached hydrogen (secondary N) is 2. The average molecular weight is 363 g/mol. The van der Waals surface area contributed by atoms with Gasteiger partial charge >= 0.3 is 0 Å². The van der Waals surface area contributed by atoms with Crippen molar-refractivity contribution in [2.45, 2.75) is 39.0 Å². The van der Waals surface area contributed by atoms with Crippen LogP contribution in [0.5, 0.6) is 0 Å². The molecule has 0 saturated heterocycles. The van der Waals surface area contributed by atoms with Crippen LogP contribution in [0.15, 0.2) is 59.7 Å². The van der Waals surface area contributed by atoms with Gasteiger partial charge in [0.05, 0.1) is 5.71 Å². The topological polar surface area (TPSA) is 70.6 Å². The van der Waals surface area contributed by atoms with Crippen LogP contribution in [0.4, 0.5) is 5.69 Å². The molecule has 27 heavy (non-hydrogen) atoms. The van der Waals surface area contributed by atoms with Crippen molar-refractivity contribution in [3.05, 3.63) is 65.7 Å². The molecule has 0 unspecified atom stereocenters. The molecule has 3 rings (SSSR count). The van der Waals surface area contributed by atoms with Gasteiger partial charge < -0.3 is 5.32 Å². The Labute approximate surface area is 159 Å². The van der Waals surface area contributed by atoms with E-state index in [1.54, 1.807) is 12.1 Å². The third kappa shape index (κ3) is 5.26. The van der Waals surface area contributed by atoms with Gasteiger partial charge in [0.1, 0.15) is 0 Å². The lowest BCUT2D eigenvalue weighted by Crippen LogP contribution is -2.24. The molecule has 2 amide bonds. The molecule has 1 saturated carbocycles. The maximum atomic E-state index is 12.4. The van der Waals surface area contributed by atoms with Crippen molar-refractivity contribution >= 4 is 23.2 Å². The first-order valence-electron chi connectivity index (χ1n) is 9.44. The number of anilines is 1. The first-order chi connectivity index (χ1) is 13.1. The zero-order valence-electron chi connectivity index (χ0n) is 15.6. The third-order valence-corrected chi connectivity index (χ3v) is 4.88. The number of hydrogen-bond donors (Lipinski definition) is 2. The smallest absolute Gasteiger partial charge is 0.271 e. The molecular formula is C22H25N3O2.